The van der Waals surface area contributed by atoms with Crippen LogP contribution in [-0.4, -0.2) is 23.4 Å². The van der Waals surface area contributed by atoms with Crippen molar-refractivity contribution in [3.05, 3.63) is 28.2 Å². The highest BCUT2D eigenvalue weighted by Gasteiger charge is 2.43. The van der Waals surface area contributed by atoms with E-state index in [9.17, 15) is 26.7 Å². The van der Waals surface area contributed by atoms with Gasteiger partial charge < -0.3 is 9.84 Å². The van der Waals surface area contributed by atoms with Crippen molar-refractivity contribution in [2.45, 2.75) is 18.7 Å². The molecule has 0 spiro atoms. The Morgan fingerprint density at radius 1 is 1.37 bits per heavy atom. The summed E-state index contributed by atoms with van der Waals surface area (Å²) < 4.78 is 67.8. The van der Waals surface area contributed by atoms with Gasteiger partial charge in [-0.25, -0.2) is 4.39 Å². The zero-order chi connectivity index (χ0) is 14.8. The van der Waals surface area contributed by atoms with E-state index < -0.39 is 42.1 Å². The van der Waals surface area contributed by atoms with Crippen molar-refractivity contribution in [3.63, 3.8) is 0 Å². The van der Waals surface area contributed by atoms with Gasteiger partial charge in [0.05, 0.1) is 6.42 Å². The van der Waals surface area contributed by atoms with Crippen LogP contribution in [0.25, 0.3) is 0 Å². The van der Waals surface area contributed by atoms with Crippen LogP contribution in [0.4, 0.5) is 22.0 Å². The van der Waals surface area contributed by atoms with Crippen molar-refractivity contribution >= 4 is 21.9 Å². The monoisotopic (exact) mass is 348 g/mol. The van der Waals surface area contributed by atoms with Crippen LogP contribution in [-0.2, 0) is 4.79 Å². The summed E-state index contributed by atoms with van der Waals surface area (Å²) in [6.07, 6.45) is -9.21. The zero-order valence-electron chi connectivity index (χ0n) is 8.97. The molecule has 0 aliphatic rings. The van der Waals surface area contributed by atoms with Crippen molar-refractivity contribution in [2.24, 2.45) is 0 Å². The van der Waals surface area contributed by atoms with Gasteiger partial charge >= 0.3 is 12.1 Å². The van der Waals surface area contributed by atoms with Crippen molar-refractivity contribution in [3.8, 4) is 5.75 Å². The molecule has 9 heteroatoms. The summed E-state index contributed by atoms with van der Waals surface area (Å²) in [4.78, 5) is 10.3. The van der Waals surface area contributed by atoms with Crippen LogP contribution in [0, 0.1) is 11.6 Å². The summed E-state index contributed by atoms with van der Waals surface area (Å²) >= 11 is 2.75. The maximum Gasteiger partial charge on any atom is 0.426 e. The lowest BCUT2D eigenvalue weighted by molar-refractivity contribution is -0.201. The van der Waals surface area contributed by atoms with E-state index in [-0.39, 0.29) is 4.47 Å². The Kier molecular flexibility index (Phi) is 4.72. The van der Waals surface area contributed by atoms with E-state index in [1.165, 1.54) is 0 Å². The summed E-state index contributed by atoms with van der Waals surface area (Å²) in [7, 11) is 0. The van der Waals surface area contributed by atoms with Crippen LogP contribution in [0.1, 0.15) is 6.42 Å². The maximum atomic E-state index is 13.2. The standard InChI is InChI=1S/C10H6BrF5O3/c11-4-1-5(12)9(13)6(2-4)19-7(3-8(17)18)10(14,15)16/h1-2,7H,3H2,(H,17,18). The van der Waals surface area contributed by atoms with Gasteiger partial charge in [-0.05, 0) is 12.1 Å². The fraction of sp³-hybridized carbons (Fsp3) is 0.300. The van der Waals surface area contributed by atoms with Crippen molar-refractivity contribution in [1.82, 2.24) is 0 Å². The Hall–Kier alpha value is -1.38. The van der Waals surface area contributed by atoms with Gasteiger partial charge in [-0.15, -0.1) is 0 Å². The molecule has 1 aromatic carbocycles. The van der Waals surface area contributed by atoms with Gasteiger partial charge in [0.25, 0.3) is 0 Å². The first-order chi connectivity index (χ1) is 8.61. The average molecular weight is 349 g/mol. The van der Waals surface area contributed by atoms with E-state index in [1.807, 2.05) is 0 Å². The first-order valence-corrected chi connectivity index (χ1v) is 5.50. The number of hydrogen-bond acceptors (Lipinski definition) is 2. The SMILES string of the molecule is O=C(O)CC(Oc1cc(Br)cc(F)c1F)C(F)(F)F. The third-order valence-electron chi connectivity index (χ3n) is 1.95. The van der Waals surface area contributed by atoms with Crippen LogP contribution in [0.2, 0.25) is 0 Å². The number of ether oxygens (including phenoxy) is 1. The number of aliphatic carboxylic acids is 1. The molecule has 3 nitrogen and oxygen atoms in total. The van der Waals surface area contributed by atoms with E-state index >= 15 is 0 Å². The molecular formula is C10H6BrF5O3. The Balaban J connectivity index is 3.06. The summed E-state index contributed by atoms with van der Waals surface area (Å²) in [6, 6.07) is 1.47. The second kappa shape index (κ2) is 5.72. The maximum absolute atomic E-state index is 13.2. The van der Waals surface area contributed by atoms with Crippen molar-refractivity contribution in [2.75, 3.05) is 0 Å². The average Bonchev–Trinajstić information content (AvgIpc) is 2.22. The molecule has 0 amide bonds. The smallest absolute Gasteiger partial charge is 0.426 e. The predicted molar refractivity (Wildman–Crippen MR) is 56.8 cm³/mol. The topological polar surface area (TPSA) is 46.5 Å². The highest BCUT2D eigenvalue weighted by molar-refractivity contribution is 9.10. The van der Waals surface area contributed by atoms with E-state index in [0.29, 0.717) is 6.07 Å². The van der Waals surface area contributed by atoms with Gasteiger partial charge in [0, 0.05) is 4.47 Å². The molecule has 106 valence electrons. The lowest BCUT2D eigenvalue weighted by Gasteiger charge is -2.20. The third-order valence-corrected chi connectivity index (χ3v) is 2.41. The molecule has 1 aromatic rings. The van der Waals surface area contributed by atoms with Gasteiger partial charge in [-0.3, -0.25) is 4.79 Å². The molecule has 0 heterocycles. The van der Waals surface area contributed by atoms with Gasteiger partial charge in [0.2, 0.25) is 11.9 Å². The van der Waals surface area contributed by atoms with Crippen LogP contribution >= 0.6 is 15.9 Å². The highest BCUT2D eigenvalue weighted by atomic mass is 79.9. The molecule has 0 saturated heterocycles. The molecular weight excluding hydrogens is 343 g/mol. The molecule has 1 N–H and O–H groups in total. The minimum Gasteiger partial charge on any atom is -0.481 e. The lowest BCUT2D eigenvalue weighted by Crippen LogP contribution is -2.36. The Bertz CT molecular complexity index is 489. The van der Waals surface area contributed by atoms with E-state index in [0.717, 1.165) is 6.07 Å². The quantitative estimate of drug-likeness (QED) is 0.669. The van der Waals surface area contributed by atoms with Crippen LogP contribution in [0.15, 0.2) is 16.6 Å². The molecule has 19 heavy (non-hydrogen) atoms. The van der Waals surface area contributed by atoms with Gasteiger partial charge in [-0.2, -0.15) is 17.6 Å². The Morgan fingerprint density at radius 2 is 1.95 bits per heavy atom. The van der Waals surface area contributed by atoms with Crippen molar-refractivity contribution in [1.29, 1.82) is 0 Å². The molecule has 0 fully saturated rings. The van der Waals surface area contributed by atoms with Crippen LogP contribution < -0.4 is 4.74 Å². The fourth-order valence-corrected chi connectivity index (χ4v) is 1.56. The van der Waals surface area contributed by atoms with Gasteiger partial charge in [-0.1, -0.05) is 15.9 Å². The number of carbonyl (C=O) groups is 1. The van der Waals surface area contributed by atoms with E-state index in [4.69, 9.17) is 5.11 Å². The van der Waals surface area contributed by atoms with Crippen LogP contribution in [0.5, 0.6) is 5.75 Å². The summed E-state index contributed by atoms with van der Waals surface area (Å²) in [5, 5.41) is 8.35. The normalized spacial score (nSPS) is 13.2. The van der Waals surface area contributed by atoms with Gasteiger partial charge in [0.15, 0.2) is 11.6 Å². The largest absolute Gasteiger partial charge is 0.481 e. The number of hydrogen-bond donors (Lipinski definition) is 1. The first-order valence-electron chi connectivity index (χ1n) is 4.71. The molecule has 0 radical (unpaired) electrons. The van der Waals surface area contributed by atoms with Gasteiger partial charge in [0.1, 0.15) is 0 Å². The molecule has 0 saturated carbocycles. The molecule has 0 aliphatic heterocycles. The fourth-order valence-electron chi connectivity index (χ4n) is 1.15. The third kappa shape index (κ3) is 4.34. The highest BCUT2D eigenvalue weighted by Crippen LogP contribution is 2.31. The molecule has 1 rings (SSSR count). The number of carboxylic acids is 1. The second-order valence-electron chi connectivity index (χ2n) is 3.45. The van der Waals surface area contributed by atoms with Crippen LogP contribution in [0.3, 0.4) is 0 Å². The molecule has 0 bridgehead atoms. The summed E-state index contributed by atoms with van der Waals surface area (Å²) in [6.45, 7) is 0. The zero-order valence-corrected chi connectivity index (χ0v) is 10.6. The molecule has 0 aromatic heterocycles. The summed E-state index contributed by atoms with van der Waals surface area (Å²) in [5.74, 6) is -5.84. The van der Waals surface area contributed by atoms with E-state index in [2.05, 4.69) is 20.7 Å². The Labute approximate surface area is 112 Å². The number of benzene rings is 1. The predicted octanol–water partition coefficient (Wildman–Crippen LogP) is 3.51. The number of alkyl halides is 3. The lowest BCUT2D eigenvalue weighted by atomic mass is 10.2. The first kappa shape index (κ1) is 15.7. The van der Waals surface area contributed by atoms with Crippen molar-refractivity contribution < 1.29 is 36.6 Å². The molecule has 0 aliphatic carbocycles. The molecule has 1 atom stereocenters. The molecule has 1 unspecified atom stereocenters. The number of halogens is 6. The second-order valence-corrected chi connectivity index (χ2v) is 4.36. The minimum atomic E-state index is -5.02. The number of carboxylic acid groups (broad SMARTS) is 1. The number of rotatable bonds is 4. The van der Waals surface area contributed by atoms with E-state index in [1.54, 1.807) is 0 Å². The Morgan fingerprint density at radius 3 is 2.42 bits per heavy atom. The summed E-state index contributed by atoms with van der Waals surface area (Å²) in [5.41, 5.74) is 0. The minimum absolute atomic E-state index is 0.0438.